The van der Waals surface area contributed by atoms with E-state index in [0.717, 1.165) is 0 Å². The highest BCUT2D eigenvalue weighted by Crippen LogP contribution is 2.26. The van der Waals surface area contributed by atoms with Gasteiger partial charge < -0.3 is 15.0 Å². The highest BCUT2D eigenvalue weighted by molar-refractivity contribution is 5.38. The van der Waals surface area contributed by atoms with Crippen molar-refractivity contribution in [2.75, 3.05) is 24.3 Å². The molecule has 1 heterocycles. The molecule has 0 spiro atoms. The van der Waals surface area contributed by atoms with Gasteiger partial charge in [-0.15, -0.1) is 0 Å². The smallest absolute Gasteiger partial charge is 0.323 e. The van der Waals surface area contributed by atoms with Crippen LogP contribution in [0, 0.1) is 5.41 Å². The first-order valence-electron chi connectivity index (χ1n) is 6.98. The zero-order valence-corrected chi connectivity index (χ0v) is 13.9. The molecule has 0 aliphatic carbocycles. The lowest BCUT2D eigenvalue weighted by molar-refractivity contribution is 0.221. The van der Waals surface area contributed by atoms with Crippen LogP contribution in [0.15, 0.2) is 0 Å². The number of rotatable bonds is 5. The van der Waals surface area contributed by atoms with Gasteiger partial charge >= 0.3 is 6.01 Å². The Bertz CT molecular complexity index is 442. The van der Waals surface area contributed by atoms with Gasteiger partial charge in [0, 0.05) is 20.1 Å². The van der Waals surface area contributed by atoms with E-state index in [1.807, 2.05) is 20.9 Å². The average Bonchev–Trinajstić information content (AvgIpc) is 2.34. The second-order valence-corrected chi connectivity index (χ2v) is 6.31. The van der Waals surface area contributed by atoms with Gasteiger partial charge in [-0.05, 0) is 26.2 Å². The maximum absolute atomic E-state index is 5.58. The molecule has 0 aliphatic rings. The fourth-order valence-corrected chi connectivity index (χ4v) is 1.63. The van der Waals surface area contributed by atoms with Crippen molar-refractivity contribution in [3.8, 4) is 6.01 Å². The summed E-state index contributed by atoms with van der Waals surface area (Å²) in [4.78, 5) is 15.1. The van der Waals surface area contributed by atoms with E-state index in [4.69, 9.17) is 4.74 Å². The van der Waals surface area contributed by atoms with E-state index in [1.54, 1.807) is 7.05 Å². The minimum absolute atomic E-state index is 0.0281. The third-order valence-electron chi connectivity index (χ3n) is 3.32. The second kappa shape index (κ2) is 6.24. The Kier molecular flexibility index (Phi) is 5.14. The van der Waals surface area contributed by atoms with Crippen LogP contribution in [0.2, 0.25) is 0 Å². The SMILES string of the molecule is CNc1nc(OC(C)C)nc(N(C)C(C)C(C)(C)C)n1. The van der Waals surface area contributed by atoms with E-state index >= 15 is 0 Å². The van der Waals surface area contributed by atoms with Gasteiger partial charge in [0.15, 0.2) is 0 Å². The number of nitrogens with zero attached hydrogens (tertiary/aromatic N) is 4. The summed E-state index contributed by atoms with van der Waals surface area (Å²) >= 11 is 0. The topological polar surface area (TPSA) is 63.2 Å². The van der Waals surface area contributed by atoms with Gasteiger partial charge in [0.05, 0.1) is 6.10 Å². The van der Waals surface area contributed by atoms with Crippen molar-refractivity contribution < 1.29 is 4.74 Å². The van der Waals surface area contributed by atoms with Gasteiger partial charge in [-0.1, -0.05) is 20.8 Å². The summed E-state index contributed by atoms with van der Waals surface area (Å²) in [5.74, 6) is 1.13. The minimum atomic E-state index is 0.0281. The molecule has 0 bridgehead atoms. The first-order valence-corrected chi connectivity index (χ1v) is 6.98. The van der Waals surface area contributed by atoms with Crippen molar-refractivity contribution >= 4 is 11.9 Å². The van der Waals surface area contributed by atoms with E-state index in [-0.39, 0.29) is 17.6 Å². The monoisotopic (exact) mass is 281 g/mol. The molecule has 0 aromatic carbocycles. The van der Waals surface area contributed by atoms with Gasteiger partial charge in [0.1, 0.15) is 0 Å². The Morgan fingerprint density at radius 1 is 1.10 bits per heavy atom. The zero-order valence-electron chi connectivity index (χ0n) is 13.9. The molecule has 0 fully saturated rings. The van der Waals surface area contributed by atoms with Gasteiger partial charge in [0.2, 0.25) is 11.9 Å². The van der Waals surface area contributed by atoms with Crippen LogP contribution < -0.4 is 15.0 Å². The van der Waals surface area contributed by atoms with Crippen LogP contribution in [-0.2, 0) is 0 Å². The summed E-state index contributed by atoms with van der Waals surface area (Å²) in [5.41, 5.74) is 0.125. The highest BCUT2D eigenvalue weighted by Gasteiger charge is 2.26. The van der Waals surface area contributed by atoms with Crippen LogP contribution in [0.4, 0.5) is 11.9 Å². The van der Waals surface area contributed by atoms with Gasteiger partial charge in [-0.2, -0.15) is 15.0 Å². The summed E-state index contributed by atoms with van der Waals surface area (Å²) in [6.07, 6.45) is 0.0281. The molecule has 1 N–H and O–H groups in total. The number of hydrogen-bond acceptors (Lipinski definition) is 6. The maximum atomic E-state index is 5.58. The van der Waals surface area contributed by atoms with Crippen molar-refractivity contribution in [3.05, 3.63) is 0 Å². The average molecular weight is 281 g/mol. The predicted octanol–water partition coefficient (Wildman–Crippen LogP) is 2.57. The molecule has 1 aromatic rings. The molecule has 6 nitrogen and oxygen atoms in total. The molecular weight excluding hydrogens is 254 g/mol. The number of ether oxygens (including phenoxy) is 1. The molecular formula is C14H27N5O. The van der Waals surface area contributed by atoms with Crippen molar-refractivity contribution in [3.63, 3.8) is 0 Å². The number of hydrogen-bond donors (Lipinski definition) is 1. The van der Waals surface area contributed by atoms with Crippen LogP contribution in [0.25, 0.3) is 0 Å². The molecule has 0 aliphatic heterocycles. The van der Waals surface area contributed by atoms with E-state index in [2.05, 4.69) is 52.9 Å². The lowest BCUT2D eigenvalue weighted by atomic mass is 9.87. The highest BCUT2D eigenvalue weighted by atomic mass is 16.5. The third kappa shape index (κ3) is 4.21. The molecule has 1 aromatic heterocycles. The third-order valence-corrected chi connectivity index (χ3v) is 3.32. The van der Waals surface area contributed by atoms with Crippen LogP contribution in [0.5, 0.6) is 6.01 Å². The van der Waals surface area contributed by atoms with E-state index in [0.29, 0.717) is 17.9 Å². The summed E-state index contributed by atoms with van der Waals surface area (Å²) in [5, 5.41) is 2.94. The molecule has 20 heavy (non-hydrogen) atoms. The molecule has 1 unspecified atom stereocenters. The first-order chi connectivity index (χ1) is 9.15. The lowest BCUT2D eigenvalue weighted by Gasteiger charge is -2.35. The zero-order chi connectivity index (χ0) is 15.5. The Hall–Kier alpha value is -1.59. The van der Waals surface area contributed by atoms with E-state index in [1.165, 1.54) is 0 Å². The van der Waals surface area contributed by atoms with Crippen molar-refractivity contribution in [2.24, 2.45) is 5.41 Å². The molecule has 1 atom stereocenters. The molecule has 0 saturated heterocycles. The van der Waals surface area contributed by atoms with Gasteiger partial charge in [-0.25, -0.2) is 0 Å². The quantitative estimate of drug-likeness (QED) is 0.895. The van der Waals surface area contributed by atoms with E-state index in [9.17, 15) is 0 Å². The first kappa shape index (κ1) is 16.5. The predicted molar refractivity (Wildman–Crippen MR) is 82.5 cm³/mol. The summed E-state index contributed by atoms with van der Waals surface area (Å²) in [6.45, 7) is 12.6. The fraction of sp³-hybridized carbons (Fsp3) is 0.786. The van der Waals surface area contributed by atoms with Crippen molar-refractivity contribution in [1.82, 2.24) is 15.0 Å². The molecule has 0 radical (unpaired) electrons. The molecule has 1 rings (SSSR count). The molecule has 0 amide bonds. The Balaban J connectivity index is 3.10. The summed E-state index contributed by atoms with van der Waals surface area (Å²) in [7, 11) is 3.77. The standard InChI is InChI=1S/C14H27N5O/c1-9(2)20-13-17-11(15-7)16-12(18-13)19(8)10(3)14(4,5)6/h9-10H,1-8H3,(H,15,16,17,18). The minimum Gasteiger partial charge on any atom is -0.461 e. The van der Waals surface area contributed by atoms with E-state index < -0.39 is 0 Å². The second-order valence-electron chi connectivity index (χ2n) is 6.31. The lowest BCUT2D eigenvalue weighted by Crippen LogP contribution is -2.40. The molecule has 6 heteroatoms. The summed E-state index contributed by atoms with van der Waals surface area (Å²) < 4.78 is 5.58. The van der Waals surface area contributed by atoms with Gasteiger partial charge in [-0.3, -0.25) is 0 Å². The van der Waals surface area contributed by atoms with Crippen molar-refractivity contribution in [2.45, 2.75) is 53.7 Å². The van der Waals surface area contributed by atoms with Crippen molar-refractivity contribution in [1.29, 1.82) is 0 Å². The van der Waals surface area contributed by atoms with Gasteiger partial charge in [0.25, 0.3) is 0 Å². The van der Waals surface area contributed by atoms with Crippen LogP contribution >= 0.6 is 0 Å². The maximum Gasteiger partial charge on any atom is 0.323 e. The number of anilines is 2. The van der Waals surface area contributed by atoms with Crippen LogP contribution in [0.3, 0.4) is 0 Å². The Morgan fingerprint density at radius 3 is 2.15 bits per heavy atom. The number of aromatic nitrogens is 3. The molecule has 114 valence electrons. The Morgan fingerprint density at radius 2 is 1.70 bits per heavy atom. The number of nitrogens with one attached hydrogen (secondary N) is 1. The fourth-order valence-electron chi connectivity index (χ4n) is 1.63. The van der Waals surface area contributed by atoms with Crippen LogP contribution in [0.1, 0.15) is 41.5 Å². The summed E-state index contributed by atoms with van der Waals surface area (Å²) in [6, 6.07) is 0.629. The van der Waals surface area contributed by atoms with Crippen LogP contribution in [-0.4, -0.2) is 41.2 Å². The molecule has 0 saturated carbocycles. The normalized spacial score (nSPS) is 13.2. The largest absolute Gasteiger partial charge is 0.461 e. The Labute approximate surface area is 122 Å².